The summed E-state index contributed by atoms with van der Waals surface area (Å²) in [4.78, 5) is 0. The molecule has 0 radical (unpaired) electrons. The third kappa shape index (κ3) is 7.17. The minimum Gasteiger partial charge on any atom is -0.456 e. The van der Waals surface area contributed by atoms with E-state index in [0.29, 0.717) is 0 Å². The van der Waals surface area contributed by atoms with E-state index in [9.17, 15) is 0 Å². The quantitative estimate of drug-likeness (QED) is 0.177. The van der Waals surface area contributed by atoms with Gasteiger partial charge in [0, 0.05) is 65.0 Å². The fourth-order valence-electron chi connectivity index (χ4n) is 12.4. The first-order valence-corrected chi connectivity index (χ1v) is 26.9. The highest BCUT2D eigenvalue weighted by atomic mass is 16.3. The molecule has 1 aliphatic carbocycles. The van der Waals surface area contributed by atoms with Crippen LogP contribution in [0.5, 0.6) is 0 Å². The Hall–Kier alpha value is -10.4. The Kier molecular flexibility index (Phi) is 10.2. The van der Waals surface area contributed by atoms with Gasteiger partial charge in [0.2, 0.25) is 0 Å². The number of aromatic nitrogens is 1. The van der Waals surface area contributed by atoms with E-state index in [1.807, 2.05) is 24.3 Å². The molecule has 0 saturated carbocycles. The maximum absolute atomic E-state index is 6.59. The van der Waals surface area contributed by atoms with Gasteiger partial charge >= 0.3 is 0 Å². The molecule has 5 nitrogen and oxygen atoms in total. The van der Waals surface area contributed by atoms with Gasteiger partial charge in [0.15, 0.2) is 5.58 Å². The number of rotatable bonds is 3. The molecule has 5 aromatic heterocycles. The minimum atomic E-state index is 0.874. The number of hydrogen-bond donors (Lipinski definition) is 0. The van der Waals surface area contributed by atoms with E-state index in [1.54, 1.807) is 0 Å². The Morgan fingerprint density at radius 1 is 0.278 bits per heavy atom. The molecular formula is C74H47NO4. The van der Waals surface area contributed by atoms with Crippen molar-refractivity contribution in [2.45, 2.75) is 13.3 Å². The molecule has 0 spiro atoms. The Bertz CT molecular complexity index is 5170. The molecule has 0 bridgehead atoms. The summed E-state index contributed by atoms with van der Waals surface area (Å²) in [5, 5.41) is 11.5. The van der Waals surface area contributed by atoms with Gasteiger partial charge < -0.3 is 22.2 Å². The molecule has 0 unspecified atom stereocenters. The molecular weight excluding hydrogens is 967 g/mol. The number of nitrogens with zero attached hydrogens (tertiary/aromatic N) is 1. The Morgan fingerprint density at radius 3 is 1.22 bits per heavy atom. The van der Waals surface area contributed by atoms with Crippen LogP contribution < -0.4 is 0 Å². The average molecular weight is 1010 g/mol. The third-order valence-electron chi connectivity index (χ3n) is 16.1. The van der Waals surface area contributed by atoms with E-state index in [4.69, 9.17) is 17.7 Å². The zero-order valence-electron chi connectivity index (χ0n) is 43.0. The van der Waals surface area contributed by atoms with Crippen LogP contribution in [0.3, 0.4) is 0 Å². The van der Waals surface area contributed by atoms with Crippen molar-refractivity contribution in [2.75, 3.05) is 0 Å². The third-order valence-corrected chi connectivity index (χ3v) is 16.1. The summed E-state index contributed by atoms with van der Waals surface area (Å²) < 4.78 is 27.6. The monoisotopic (exact) mass is 1010 g/mol. The molecule has 0 fully saturated rings. The van der Waals surface area contributed by atoms with E-state index < -0.39 is 0 Å². The smallest absolute Gasteiger partial charge is 0.159 e. The zero-order chi connectivity index (χ0) is 52.1. The highest BCUT2D eigenvalue weighted by molar-refractivity contribution is 6.15. The molecule has 0 N–H and O–H groups in total. The normalized spacial score (nSPS) is 12.1. The summed E-state index contributed by atoms with van der Waals surface area (Å²) in [6.45, 7) is 2.08. The minimum absolute atomic E-state index is 0.874. The van der Waals surface area contributed by atoms with Crippen LogP contribution in [0, 0.1) is 6.92 Å². The maximum atomic E-state index is 6.59. The van der Waals surface area contributed by atoms with Crippen LogP contribution in [0.1, 0.15) is 16.7 Å². The van der Waals surface area contributed by atoms with Gasteiger partial charge in [0.25, 0.3) is 0 Å². The van der Waals surface area contributed by atoms with E-state index in [0.717, 1.165) is 128 Å². The molecule has 372 valence electrons. The molecule has 17 aromatic rings. The molecule has 1 aliphatic rings. The van der Waals surface area contributed by atoms with E-state index in [1.165, 1.54) is 44.1 Å². The summed E-state index contributed by atoms with van der Waals surface area (Å²) in [5.74, 6) is 0. The lowest BCUT2D eigenvalue weighted by Gasteiger charge is -2.08. The number of benzene rings is 12. The van der Waals surface area contributed by atoms with E-state index in [2.05, 4.69) is 242 Å². The molecule has 0 saturated heterocycles. The zero-order valence-corrected chi connectivity index (χ0v) is 43.0. The van der Waals surface area contributed by atoms with Crippen molar-refractivity contribution >= 4 is 110 Å². The van der Waals surface area contributed by atoms with Gasteiger partial charge in [0.05, 0.1) is 16.7 Å². The number of aryl methyl sites for hydroxylation is 1. The summed E-state index contributed by atoms with van der Waals surface area (Å²) >= 11 is 0. The highest BCUT2D eigenvalue weighted by Gasteiger charge is 2.21. The molecule has 0 atom stereocenters. The van der Waals surface area contributed by atoms with Gasteiger partial charge in [0.1, 0.15) is 39.1 Å². The fourth-order valence-corrected chi connectivity index (χ4v) is 12.4. The van der Waals surface area contributed by atoms with Gasteiger partial charge in [-0.25, -0.2) is 0 Å². The van der Waals surface area contributed by atoms with Crippen LogP contribution in [0.2, 0.25) is 0 Å². The Labute approximate surface area is 453 Å². The van der Waals surface area contributed by atoms with Gasteiger partial charge in [-0.05, 0) is 107 Å². The first kappa shape index (κ1) is 44.9. The predicted molar refractivity (Wildman–Crippen MR) is 327 cm³/mol. The van der Waals surface area contributed by atoms with Crippen LogP contribution in [0.4, 0.5) is 0 Å². The molecule has 5 heteroatoms. The predicted octanol–water partition coefficient (Wildman–Crippen LogP) is 21.0. The topological polar surface area (TPSA) is 57.5 Å². The largest absolute Gasteiger partial charge is 0.456 e. The van der Waals surface area contributed by atoms with Gasteiger partial charge in [-0.2, -0.15) is 0 Å². The number of fused-ring (bicyclic) bond motifs is 18. The van der Waals surface area contributed by atoms with Gasteiger partial charge in [-0.15, -0.1) is 0 Å². The maximum Gasteiger partial charge on any atom is 0.159 e. The van der Waals surface area contributed by atoms with Crippen LogP contribution in [0.15, 0.2) is 272 Å². The first-order valence-electron chi connectivity index (χ1n) is 26.9. The van der Waals surface area contributed by atoms with Crippen molar-refractivity contribution in [2.24, 2.45) is 0 Å². The summed E-state index contributed by atoms with van der Waals surface area (Å²) in [7, 11) is 0. The first-order chi connectivity index (χ1) is 39.1. The van der Waals surface area contributed by atoms with Gasteiger partial charge in [-0.3, -0.25) is 0 Å². The second-order valence-electron chi connectivity index (χ2n) is 20.7. The molecule has 18 rings (SSSR count). The van der Waals surface area contributed by atoms with Crippen molar-refractivity contribution < 1.29 is 17.7 Å². The van der Waals surface area contributed by atoms with Crippen LogP contribution >= 0.6 is 0 Å². The lowest BCUT2D eigenvalue weighted by atomic mass is 10.00. The van der Waals surface area contributed by atoms with Crippen LogP contribution in [-0.4, -0.2) is 4.57 Å². The highest BCUT2D eigenvalue weighted by Crippen LogP contribution is 2.43. The summed E-state index contributed by atoms with van der Waals surface area (Å²) in [6, 6.07) is 89.2. The number of hydrogen-bond acceptors (Lipinski definition) is 4. The Morgan fingerprint density at radius 2 is 0.658 bits per heavy atom. The fraction of sp³-hybridized carbons (Fsp3) is 0.0270. The van der Waals surface area contributed by atoms with Crippen LogP contribution in [-0.2, 0) is 6.42 Å². The molecule has 0 amide bonds. The van der Waals surface area contributed by atoms with Crippen molar-refractivity contribution in [1.82, 2.24) is 4.57 Å². The SMILES string of the molecule is Cc1cccc2c1oc1ccc(-c3cccc4c3oc3ccccc34)cc12.c1ccc2c(c1)Cc1ccccc1-2.c1ccc2c(c1)oc1c(-c3ccc4oc5c(-n6c7ccccc7c7ccccc76)cccc5c4c3)cccc12. The summed E-state index contributed by atoms with van der Waals surface area (Å²) in [5.41, 5.74) is 22.0. The van der Waals surface area contributed by atoms with E-state index in [-0.39, 0.29) is 0 Å². The van der Waals surface area contributed by atoms with E-state index >= 15 is 0 Å². The van der Waals surface area contributed by atoms with Crippen molar-refractivity contribution in [3.8, 4) is 39.1 Å². The second kappa shape index (κ2) is 17.9. The molecule has 79 heavy (non-hydrogen) atoms. The number of furan rings is 4. The van der Waals surface area contributed by atoms with Gasteiger partial charge in [-0.1, -0.05) is 200 Å². The average Bonchev–Trinajstić information content (AvgIpc) is 4.56. The van der Waals surface area contributed by atoms with Crippen molar-refractivity contribution in [3.05, 3.63) is 271 Å². The lowest BCUT2D eigenvalue weighted by Crippen LogP contribution is -1.93. The standard InChI is InChI=1S/C36H21NO2.C25H16O2.C13H10/c1-4-15-30-24(9-1)25-10-2-5-16-31(25)37(30)32-17-8-14-28-29-21-22(19-20-34(29)39-36(28)32)23-12-7-13-27-26-11-3-6-18-33(26)38-35(23)27;1-15-6-4-9-20-21-14-16(12-13-23(21)26-24(15)20)17-8-5-10-19-18-7-2-3-11-22(18)27-25(17)19;1-3-7-12-10(5-1)9-11-6-2-4-8-13(11)12/h1-21H;2-14H,1H3;1-8H,9H2. The van der Waals surface area contributed by atoms with Crippen LogP contribution in [0.25, 0.3) is 149 Å². The van der Waals surface area contributed by atoms with Crippen molar-refractivity contribution in [3.63, 3.8) is 0 Å². The second-order valence-corrected chi connectivity index (χ2v) is 20.7. The molecule has 0 aliphatic heterocycles. The molecule has 12 aromatic carbocycles. The lowest BCUT2D eigenvalue weighted by molar-refractivity contribution is 0.665. The van der Waals surface area contributed by atoms with Crippen molar-refractivity contribution in [1.29, 1.82) is 0 Å². The summed E-state index contributed by atoms with van der Waals surface area (Å²) in [6.07, 6.45) is 1.10. The Balaban J connectivity index is 0.000000112. The number of para-hydroxylation sites is 8. The molecule has 5 heterocycles.